The van der Waals surface area contributed by atoms with Crippen molar-refractivity contribution in [2.45, 2.75) is 56.0 Å². The van der Waals surface area contributed by atoms with Crippen LogP contribution in [0.3, 0.4) is 0 Å². The molecule has 2 unspecified atom stereocenters. The molecule has 0 aliphatic carbocycles. The Morgan fingerprint density at radius 3 is 2.83 bits per heavy atom. The average molecular weight is 507 g/mol. The number of hydrogen-bond acceptors (Lipinski definition) is 6. The molecular weight excluding hydrogens is 471 g/mol. The van der Waals surface area contributed by atoms with E-state index >= 15 is 4.39 Å². The maximum Gasteiger partial charge on any atom is 0.251 e. The van der Waals surface area contributed by atoms with Crippen molar-refractivity contribution >= 4 is 17.3 Å². The maximum absolute atomic E-state index is 15.3. The SMILES string of the molecule is C=C/C(=C\C=C/C)[C@H]1CCCN(Cc2ccc(C3(NC(=O)C(O)CO)CCOCC3)cc2F)[S+]1[O-]. The Hall–Kier alpha value is -2.01. The van der Waals surface area contributed by atoms with Gasteiger partial charge in [0.2, 0.25) is 0 Å². The number of nitrogens with one attached hydrogen (secondary N) is 1. The number of ether oxygens (including phenoxy) is 1. The molecule has 2 fully saturated rings. The molecule has 9 heteroatoms. The second kappa shape index (κ2) is 12.8. The Morgan fingerprint density at radius 1 is 1.46 bits per heavy atom. The zero-order chi connectivity index (χ0) is 25.4. The zero-order valence-corrected chi connectivity index (χ0v) is 20.9. The van der Waals surface area contributed by atoms with Gasteiger partial charge in [0.25, 0.3) is 5.91 Å². The van der Waals surface area contributed by atoms with E-state index < -0.39 is 41.3 Å². The number of rotatable bonds is 9. The Morgan fingerprint density at radius 2 is 2.20 bits per heavy atom. The molecule has 3 atom stereocenters. The van der Waals surface area contributed by atoms with Crippen LogP contribution in [-0.2, 0) is 33.0 Å². The number of hydrogen-bond donors (Lipinski definition) is 3. The second-order valence-corrected chi connectivity index (χ2v) is 10.5. The molecule has 1 aromatic rings. The summed E-state index contributed by atoms with van der Waals surface area (Å²) in [5.41, 5.74) is 0.996. The van der Waals surface area contributed by atoms with Crippen LogP contribution in [0.25, 0.3) is 0 Å². The number of allylic oxidation sites excluding steroid dienone is 4. The van der Waals surface area contributed by atoms with Crippen LogP contribution < -0.4 is 5.32 Å². The van der Waals surface area contributed by atoms with Crippen LogP contribution in [0.4, 0.5) is 4.39 Å². The lowest BCUT2D eigenvalue weighted by atomic mass is 9.82. The number of aliphatic hydroxyl groups excluding tert-OH is 2. The van der Waals surface area contributed by atoms with Gasteiger partial charge in [-0.25, -0.2) is 4.39 Å². The molecule has 3 N–H and O–H groups in total. The van der Waals surface area contributed by atoms with Crippen molar-refractivity contribution in [3.8, 4) is 0 Å². The van der Waals surface area contributed by atoms with Crippen LogP contribution >= 0.6 is 0 Å². The number of aliphatic hydroxyl groups is 2. The third-order valence-corrected chi connectivity index (χ3v) is 8.41. The van der Waals surface area contributed by atoms with Crippen LogP contribution in [0, 0.1) is 5.82 Å². The summed E-state index contributed by atoms with van der Waals surface area (Å²) < 4.78 is 35.8. The van der Waals surface area contributed by atoms with Gasteiger partial charge in [-0.3, -0.25) is 4.79 Å². The predicted octanol–water partition coefficient (Wildman–Crippen LogP) is 2.62. The summed E-state index contributed by atoms with van der Waals surface area (Å²) in [4.78, 5) is 12.3. The second-order valence-electron chi connectivity index (χ2n) is 8.86. The highest BCUT2D eigenvalue weighted by Gasteiger charge is 2.39. The molecule has 3 rings (SSSR count). The minimum atomic E-state index is -1.55. The Kier molecular flexibility index (Phi) is 10.1. The number of amides is 1. The van der Waals surface area contributed by atoms with E-state index in [1.165, 1.54) is 6.07 Å². The number of carbonyl (C=O) groups is 1. The van der Waals surface area contributed by atoms with Crippen molar-refractivity contribution in [3.63, 3.8) is 0 Å². The van der Waals surface area contributed by atoms with E-state index in [0.29, 0.717) is 43.7 Å². The molecule has 2 aliphatic heterocycles. The van der Waals surface area contributed by atoms with Crippen LogP contribution in [0.2, 0.25) is 0 Å². The minimum absolute atomic E-state index is 0.182. The fraction of sp³-hybridized carbons (Fsp3) is 0.500. The molecule has 0 aromatic heterocycles. The van der Waals surface area contributed by atoms with Gasteiger partial charge in [-0.05, 0) is 37.8 Å². The van der Waals surface area contributed by atoms with E-state index in [1.54, 1.807) is 22.5 Å². The molecule has 192 valence electrons. The van der Waals surface area contributed by atoms with Gasteiger partial charge in [-0.15, -0.1) is 4.31 Å². The summed E-state index contributed by atoms with van der Waals surface area (Å²) in [5, 5.41) is 21.5. The van der Waals surface area contributed by atoms with E-state index in [2.05, 4.69) is 11.9 Å². The van der Waals surface area contributed by atoms with Gasteiger partial charge >= 0.3 is 0 Å². The fourth-order valence-corrected chi connectivity index (χ4v) is 6.25. The van der Waals surface area contributed by atoms with Gasteiger partial charge in [-0.1, -0.05) is 43.0 Å². The van der Waals surface area contributed by atoms with Crippen molar-refractivity contribution in [2.75, 3.05) is 26.4 Å². The number of benzene rings is 1. The summed E-state index contributed by atoms with van der Waals surface area (Å²) in [6.07, 6.45) is 8.36. The molecule has 1 aromatic carbocycles. The van der Waals surface area contributed by atoms with Crippen molar-refractivity contribution in [1.82, 2.24) is 9.62 Å². The molecule has 1 amide bonds. The van der Waals surface area contributed by atoms with E-state index in [-0.39, 0.29) is 11.8 Å². The number of carbonyl (C=O) groups excluding carboxylic acids is 1. The quantitative estimate of drug-likeness (QED) is 0.351. The predicted molar refractivity (Wildman–Crippen MR) is 134 cm³/mol. The fourth-order valence-electron chi connectivity index (χ4n) is 4.53. The topological polar surface area (TPSA) is 105 Å². The summed E-state index contributed by atoms with van der Waals surface area (Å²) >= 11 is -1.32. The molecule has 0 bridgehead atoms. The zero-order valence-electron chi connectivity index (χ0n) is 20.1. The van der Waals surface area contributed by atoms with E-state index in [4.69, 9.17) is 9.84 Å². The first-order valence-electron chi connectivity index (χ1n) is 11.9. The highest BCUT2D eigenvalue weighted by Crippen LogP contribution is 2.34. The van der Waals surface area contributed by atoms with Crippen LogP contribution in [0.15, 0.2) is 54.7 Å². The van der Waals surface area contributed by atoms with Gasteiger partial charge in [0.05, 0.1) is 18.7 Å². The molecule has 0 saturated carbocycles. The van der Waals surface area contributed by atoms with Gasteiger partial charge in [0.1, 0.15) is 5.82 Å². The van der Waals surface area contributed by atoms with Crippen molar-refractivity contribution < 1.29 is 28.7 Å². The number of halogens is 1. The van der Waals surface area contributed by atoms with Crippen molar-refractivity contribution in [3.05, 3.63) is 71.6 Å². The van der Waals surface area contributed by atoms with Gasteiger partial charge < -0.3 is 24.8 Å². The maximum atomic E-state index is 15.3. The van der Waals surface area contributed by atoms with Crippen molar-refractivity contribution in [2.24, 2.45) is 0 Å². The molecule has 35 heavy (non-hydrogen) atoms. The largest absolute Gasteiger partial charge is 0.597 e. The minimum Gasteiger partial charge on any atom is -0.597 e. The summed E-state index contributed by atoms with van der Waals surface area (Å²) in [6, 6.07) is 4.83. The molecule has 2 aliphatic rings. The molecular formula is C26H35FN2O5S. The van der Waals surface area contributed by atoms with Crippen LogP contribution in [-0.4, -0.2) is 62.7 Å². The molecule has 2 saturated heterocycles. The normalized spacial score (nSPS) is 24.3. The Labute approximate surface area is 209 Å². The Balaban J connectivity index is 1.80. The van der Waals surface area contributed by atoms with Gasteiger partial charge in [-0.2, -0.15) is 0 Å². The Bertz CT molecular complexity index is 948. The van der Waals surface area contributed by atoms with E-state index in [9.17, 15) is 14.5 Å². The lowest BCUT2D eigenvalue weighted by Crippen LogP contribution is -2.53. The van der Waals surface area contributed by atoms with E-state index in [1.807, 2.05) is 25.2 Å². The highest BCUT2D eigenvalue weighted by atomic mass is 32.2. The van der Waals surface area contributed by atoms with Crippen molar-refractivity contribution in [1.29, 1.82) is 0 Å². The smallest absolute Gasteiger partial charge is 0.251 e. The lowest BCUT2D eigenvalue weighted by molar-refractivity contribution is -0.134. The molecule has 0 radical (unpaired) electrons. The van der Waals surface area contributed by atoms with E-state index in [0.717, 1.165) is 18.4 Å². The first-order chi connectivity index (χ1) is 16.8. The summed E-state index contributed by atoms with van der Waals surface area (Å²) in [5.74, 6) is -1.16. The molecule has 0 spiro atoms. The number of nitrogens with zero attached hydrogens (tertiary/aromatic N) is 1. The summed E-state index contributed by atoms with van der Waals surface area (Å²) in [7, 11) is 0. The van der Waals surface area contributed by atoms with Crippen LogP contribution in [0.1, 0.15) is 43.7 Å². The summed E-state index contributed by atoms with van der Waals surface area (Å²) in [6.45, 7) is 6.64. The molecule has 7 nitrogen and oxygen atoms in total. The first kappa shape index (κ1) is 27.6. The first-order valence-corrected chi connectivity index (χ1v) is 13.1. The van der Waals surface area contributed by atoms with Gasteiger partial charge in [0.15, 0.2) is 11.4 Å². The highest BCUT2D eigenvalue weighted by molar-refractivity contribution is 7.90. The third kappa shape index (κ3) is 6.61. The third-order valence-electron chi connectivity index (χ3n) is 6.60. The lowest BCUT2D eigenvalue weighted by Gasteiger charge is -2.39. The average Bonchev–Trinajstić information content (AvgIpc) is 2.87. The monoisotopic (exact) mass is 506 g/mol. The standard InChI is InChI=1S/C26H35FN2O5S/c1-3-5-7-19(4-2)24-8-6-13-29(35(24)33)17-20-9-10-21(16-22(20)27)26(11-14-34-15-12-26)28-25(32)23(31)18-30/h3-5,7,9-10,16,23-24,30-31H,2,6,8,11-15,17-18H2,1H3,(H,28,32)/b5-3-,19-7+/t23?,24-,35?/m1/s1. The van der Waals surface area contributed by atoms with Crippen LogP contribution in [0.5, 0.6) is 0 Å². The molecule has 2 heterocycles. The van der Waals surface area contributed by atoms with Gasteiger partial charge in [0, 0.05) is 48.7 Å².